The van der Waals surface area contributed by atoms with Crippen LogP contribution in [0.2, 0.25) is 0 Å². The highest BCUT2D eigenvalue weighted by atomic mass is 32.2. The first-order valence-corrected chi connectivity index (χ1v) is 13.4. The first-order chi connectivity index (χ1) is 17.1. The highest BCUT2D eigenvalue weighted by Gasteiger charge is 2.36. The largest absolute Gasteiger partial charge is 0.464 e. The van der Waals surface area contributed by atoms with Crippen LogP contribution in [0, 0.1) is 5.82 Å². The summed E-state index contributed by atoms with van der Waals surface area (Å²) in [6.45, 7) is 1.87. The van der Waals surface area contributed by atoms with Crippen molar-refractivity contribution in [2.24, 2.45) is 0 Å². The van der Waals surface area contributed by atoms with Crippen LogP contribution in [0.1, 0.15) is 6.92 Å². The van der Waals surface area contributed by atoms with Gasteiger partial charge < -0.3 is 19.5 Å². The Labute approximate surface area is 206 Å². The van der Waals surface area contributed by atoms with Gasteiger partial charge in [-0.25, -0.2) is 17.6 Å². The van der Waals surface area contributed by atoms with Crippen LogP contribution in [0.3, 0.4) is 0 Å². The van der Waals surface area contributed by atoms with Crippen molar-refractivity contribution in [1.29, 1.82) is 0 Å². The molecule has 0 amide bonds. The number of benzene rings is 1. The number of aromatic nitrogens is 1. The van der Waals surface area contributed by atoms with E-state index in [2.05, 4.69) is 4.98 Å². The van der Waals surface area contributed by atoms with Gasteiger partial charge in [0.15, 0.2) is 15.9 Å². The molecule has 5 rings (SSSR count). The average Bonchev–Trinajstić information content (AvgIpc) is 3.01. The first kappa shape index (κ1) is 23.8. The van der Waals surface area contributed by atoms with Crippen LogP contribution in [0.4, 0.5) is 21.5 Å². The van der Waals surface area contributed by atoms with Crippen molar-refractivity contribution in [2.45, 2.75) is 13.0 Å². The van der Waals surface area contributed by atoms with Crippen molar-refractivity contribution in [1.82, 2.24) is 4.98 Å². The number of H-pyrrole nitrogens is 1. The van der Waals surface area contributed by atoms with Crippen LogP contribution in [0.25, 0.3) is 22.8 Å². The van der Waals surface area contributed by atoms with Crippen LogP contribution >= 0.6 is 0 Å². The van der Waals surface area contributed by atoms with Crippen molar-refractivity contribution in [3.05, 3.63) is 75.4 Å². The molecule has 1 atom stereocenters. The van der Waals surface area contributed by atoms with Gasteiger partial charge in [0, 0.05) is 41.3 Å². The van der Waals surface area contributed by atoms with Gasteiger partial charge in [-0.05, 0) is 55.0 Å². The predicted octanol–water partition coefficient (Wildman–Crippen LogP) is 1.64. The molecule has 0 fully saturated rings. The summed E-state index contributed by atoms with van der Waals surface area (Å²) in [4.78, 5) is 32.7. The number of rotatable bonds is 5. The van der Waals surface area contributed by atoms with Crippen molar-refractivity contribution in [3.8, 4) is 11.1 Å². The molecule has 4 aliphatic rings. The van der Waals surface area contributed by atoms with Crippen LogP contribution < -0.4 is 25.9 Å². The van der Waals surface area contributed by atoms with Crippen molar-refractivity contribution in [2.75, 3.05) is 35.5 Å². The Morgan fingerprint density at radius 2 is 1.86 bits per heavy atom. The van der Waals surface area contributed by atoms with Gasteiger partial charge >= 0.3 is 5.97 Å². The molecule has 1 unspecified atom stereocenters. The summed E-state index contributed by atoms with van der Waals surface area (Å²) in [5, 5.41) is 1.06. The lowest BCUT2D eigenvalue weighted by Gasteiger charge is -2.33. The van der Waals surface area contributed by atoms with E-state index in [9.17, 15) is 22.4 Å². The SMILES string of the molecule is CCOC(=O)C1C=c2[nH]c(=O)c3c4c(ccc(c2-3)N1c1ccc(F)cc1)=C(CS(C)(=O)=O)C=CN4C. The predicted molar refractivity (Wildman–Crippen MR) is 137 cm³/mol. The molecule has 0 saturated heterocycles. The summed E-state index contributed by atoms with van der Waals surface area (Å²) >= 11 is 0. The number of esters is 1. The van der Waals surface area contributed by atoms with E-state index in [1.54, 1.807) is 66.4 Å². The number of sulfone groups is 1. The normalized spacial score (nSPS) is 16.7. The molecule has 3 aliphatic heterocycles. The number of hydrogen-bond acceptors (Lipinski definition) is 7. The number of nitrogens with one attached hydrogen (secondary N) is 1. The molecule has 3 heterocycles. The van der Waals surface area contributed by atoms with Gasteiger partial charge in [0.1, 0.15) is 5.82 Å². The average molecular weight is 510 g/mol. The van der Waals surface area contributed by atoms with E-state index in [1.165, 1.54) is 12.1 Å². The number of nitrogens with zero attached hydrogens (tertiary/aromatic N) is 2. The number of allylic oxidation sites excluding steroid dienone is 1. The number of halogens is 1. The fourth-order valence-corrected chi connectivity index (χ4v) is 5.67. The molecule has 0 bridgehead atoms. The minimum Gasteiger partial charge on any atom is -0.464 e. The Kier molecular flexibility index (Phi) is 5.71. The third-order valence-corrected chi connectivity index (χ3v) is 7.10. The Balaban J connectivity index is 1.88. The van der Waals surface area contributed by atoms with Crippen molar-refractivity contribution in [3.63, 3.8) is 0 Å². The lowest BCUT2D eigenvalue weighted by Crippen LogP contribution is -2.42. The van der Waals surface area contributed by atoms with E-state index in [0.29, 0.717) is 44.3 Å². The van der Waals surface area contributed by atoms with Gasteiger partial charge in [-0.3, -0.25) is 4.79 Å². The van der Waals surface area contributed by atoms with Crippen LogP contribution in [0.5, 0.6) is 0 Å². The smallest absolute Gasteiger partial charge is 0.333 e. The molecule has 0 spiro atoms. The molecule has 36 heavy (non-hydrogen) atoms. The van der Waals surface area contributed by atoms with Crippen molar-refractivity contribution < 1.29 is 22.3 Å². The minimum absolute atomic E-state index is 0.164. The molecule has 0 radical (unpaired) electrons. The zero-order valence-electron chi connectivity index (χ0n) is 19.9. The van der Waals surface area contributed by atoms with E-state index in [0.717, 1.165) is 6.26 Å². The molecule has 186 valence electrons. The van der Waals surface area contributed by atoms with Gasteiger partial charge in [0.25, 0.3) is 5.56 Å². The highest BCUT2D eigenvalue weighted by molar-refractivity contribution is 7.91. The van der Waals surface area contributed by atoms with E-state index in [4.69, 9.17) is 4.74 Å². The number of carbonyl (C=O) groups is 1. The first-order valence-electron chi connectivity index (χ1n) is 11.3. The molecular weight excluding hydrogens is 485 g/mol. The second-order valence-corrected chi connectivity index (χ2v) is 11.0. The summed E-state index contributed by atoms with van der Waals surface area (Å²) in [6, 6.07) is 8.30. The molecule has 1 aromatic carbocycles. The zero-order chi connectivity index (χ0) is 25.8. The Bertz CT molecular complexity index is 1680. The second kappa shape index (κ2) is 8.63. The Hall–Kier alpha value is -3.92. The van der Waals surface area contributed by atoms with Crippen molar-refractivity contribution >= 4 is 44.5 Å². The summed E-state index contributed by atoms with van der Waals surface area (Å²) in [5.74, 6) is -1.15. The summed E-state index contributed by atoms with van der Waals surface area (Å²) in [7, 11) is -1.57. The van der Waals surface area contributed by atoms with Gasteiger partial charge in [0.05, 0.1) is 29.3 Å². The van der Waals surface area contributed by atoms with E-state index < -0.39 is 27.7 Å². The molecule has 0 saturated carbocycles. The number of aromatic amines is 1. The highest BCUT2D eigenvalue weighted by Crippen LogP contribution is 2.40. The molecule has 8 nitrogen and oxygen atoms in total. The van der Waals surface area contributed by atoms with E-state index in [1.807, 2.05) is 0 Å². The third-order valence-electron chi connectivity index (χ3n) is 6.26. The fourth-order valence-electron chi connectivity index (χ4n) is 4.86. The van der Waals surface area contributed by atoms with Gasteiger partial charge in [-0.15, -0.1) is 0 Å². The lowest BCUT2D eigenvalue weighted by molar-refractivity contribution is -0.142. The minimum atomic E-state index is -3.36. The van der Waals surface area contributed by atoms with Gasteiger partial charge in [-0.1, -0.05) is 6.07 Å². The lowest BCUT2D eigenvalue weighted by atomic mass is 9.99. The summed E-state index contributed by atoms with van der Waals surface area (Å²) in [6.07, 6.45) is 6.23. The quantitative estimate of drug-likeness (QED) is 0.522. The second-order valence-electron chi connectivity index (χ2n) is 8.83. The van der Waals surface area contributed by atoms with Crippen LogP contribution in [0.15, 0.2) is 53.5 Å². The molecule has 1 aromatic rings. The summed E-state index contributed by atoms with van der Waals surface area (Å²) < 4.78 is 43.4. The molecule has 10 heteroatoms. The number of carbonyl (C=O) groups excluding carboxylic acids is 1. The standard InChI is InChI=1S/C26H24FN3O5S/c1-4-35-26(32)21-13-19-22-20(30(21)17-7-5-16(27)6-8-17)10-9-18-15(14-36(3,33)34)11-12-29(2)24(18)23(22)25(31)28-19/h5-13,21H,4,14H2,1-3H3,(H,28,31). The number of ether oxygens (including phenoxy) is 1. The maximum atomic E-state index is 13.8. The fraction of sp³-hybridized carbons (Fsp3) is 0.231. The Morgan fingerprint density at radius 3 is 2.53 bits per heavy atom. The monoisotopic (exact) mass is 509 g/mol. The van der Waals surface area contributed by atoms with Crippen LogP contribution in [-0.4, -0.2) is 51.1 Å². The molecule has 1 aliphatic carbocycles. The van der Waals surface area contributed by atoms with Gasteiger partial charge in [-0.2, -0.15) is 0 Å². The molecule has 1 N–H and O–H groups in total. The maximum Gasteiger partial charge on any atom is 0.333 e. The number of fused-ring (bicyclic) bond motifs is 2. The number of anilines is 3. The van der Waals surface area contributed by atoms with Crippen LogP contribution in [-0.2, 0) is 19.4 Å². The Morgan fingerprint density at radius 1 is 1.14 bits per heavy atom. The molecular formula is C26H24FN3O5S. The number of hydrogen-bond donors (Lipinski definition) is 1. The third kappa shape index (κ3) is 3.97. The van der Waals surface area contributed by atoms with E-state index in [-0.39, 0.29) is 17.9 Å². The summed E-state index contributed by atoms with van der Waals surface area (Å²) in [5.41, 5.74) is 2.75. The zero-order valence-corrected chi connectivity index (χ0v) is 20.7. The maximum absolute atomic E-state index is 13.8. The van der Waals surface area contributed by atoms with Gasteiger partial charge in [0.2, 0.25) is 0 Å². The van der Waals surface area contributed by atoms with E-state index >= 15 is 0 Å². The topological polar surface area (TPSA) is 99.8 Å². The molecule has 0 aromatic heterocycles.